The Kier molecular flexibility index (Phi) is 4.74. The van der Waals surface area contributed by atoms with Crippen LogP contribution in [0.1, 0.15) is 24.0 Å². The van der Waals surface area contributed by atoms with Crippen LogP contribution in [0, 0.1) is 6.92 Å². The number of aromatic nitrogens is 4. The first-order chi connectivity index (χ1) is 12.1. The number of fused-ring (bicyclic) bond motifs is 1. The van der Waals surface area contributed by atoms with Crippen LogP contribution in [-0.4, -0.2) is 34.0 Å². The Labute approximate surface area is 147 Å². The number of benzene rings is 1. The van der Waals surface area contributed by atoms with E-state index in [1.807, 2.05) is 43.8 Å². The minimum absolute atomic E-state index is 0.611. The molecular weight excluding hydrogens is 318 g/mol. The molecule has 7 heteroatoms. The average Bonchev–Trinajstić information content (AvgIpc) is 2.93. The molecule has 7 nitrogen and oxygen atoms in total. The highest BCUT2D eigenvalue weighted by atomic mass is 16.5. The van der Waals surface area contributed by atoms with Crippen molar-refractivity contribution in [2.75, 3.05) is 19.5 Å². The van der Waals surface area contributed by atoms with E-state index >= 15 is 0 Å². The Hall–Kier alpha value is -2.83. The maximum Gasteiger partial charge on any atom is 0.161 e. The van der Waals surface area contributed by atoms with Crippen LogP contribution in [0.3, 0.4) is 0 Å². The molecule has 25 heavy (non-hydrogen) atoms. The molecule has 3 rings (SSSR count). The van der Waals surface area contributed by atoms with E-state index in [2.05, 4.69) is 20.4 Å². The zero-order chi connectivity index (χ0) is 18.0. The van der Waals surface area contributed by atoms with Gasteiger partial charge in [0.15, 0.2) is 17.3 Å². The van der Waals surface area contributed by atoms with Crippen molar-refractivity contribution in [3.8, 4) is 11.5 Å². The molecule has 0 saturated heterocycles. The third-order valence-corrected chi connectivity index (χ3v) is 4.12. The van der Waals surface area contributed by atoms with Crippen molar-refractivity contribution in [2.45, 2.75) is 26.8 Å². The first-order valence-electron chi connectivity index (χ1n) is 8.22. The van der Waals surface area contributed by atoms with Crippen molar-refractivity contribution in [2.24, 2.45) is 7.05 Å². The molecule has 3 aromatic rings. The average molecular weight is 341 g/mol. The third kappa shape index (κ3) is 3.22. The van der Waals surface area contributed by atoms with Crippen LogP contribution in [0.15, 0.2) is 18.2 Å². The SMILES string of the molecule is CCc1nc(NCc2ccc(OC)c(OC)c2)c2c(n1)c(C)nn2C. The minimum atomic E-state index is 0.611. The van der Waals surface area contributed by atoms with Crippen molar-refractivity contribution in [3.63, 3.8) is 0 Å². The maximum absolute atomic E-state index is 5.37. The Morgan fingerprint density at radius 2 is 1.88 bits per heavy atom. The summed E-state index contributed by atoms with van der Waals surface area (Å²) in [7, 11) is 5.17. The van der Waals surface area contributed by atoms with Gasteiger partial charge in [0, 0.05) is 20.0 Å². The summed E-state index contributed by atoms with van der Waals surface area (Å²) in [5.74, 6) is 3.02. The summed E-state index contributed by atoms with van der Waals surface area (Å²) in [5.41, 5.74) is 3.78. The molecule has 0 saturated carbocycles. The van der Waals surface area contributed by atoms with Gasteiger partial charge in [-0.05, 0) is 24.6 Å². The zero-order valence-corrected chi connectivity index (χ0v) is 15.3. The second kappa shape index (κ2) is 6.96. The number of methoxy groups -OCH3 is 2. The normalized spacial score (nSPS) is 10.9. The molecule has 0 aliphatic rings. The van der Waals surface area contributed by atoms with E-state index in [4.69, 9.17) is 9.47 Å². The first kappa shape index (κ1) is 17.0. The van der Waals surface area contributed by atoms with Gasteiger partial charge >= 0.3 is 0 Å². The largest absolute Gasteiger partial charge is 0.493 e. The second-order valence-electron chi connectivity index (χ2n) is 5.79. The van der Waals surface area contributed by atoms with Crippen LogP contribution in [-0.2, 0) is 20.0 Å². The molecule has 0 aliphatic heterocycles. The van der Waals surface area contributed by atoms with Crippen LogP contribution in [0.25, 0.3) is 11.0 Å². The summed E-state index contributed by atoms with van der Waals surface area (Å²) in [5, 5.41) is 7.88. The molecule has 0 bridgehead atoms. The van der Waals surface area contributed by atoms with E-state index in [0.29, 0.717) is 18.0 Å². The molecule has 0 unspecified atom stereocenters. The van der Waals surface area contributed by atoms with E-state index in [-0.39, 0.29) is 0 Å². The number of hydrogen-bond acceptors (Lipinski definition) is 6. The second-order valence-corrected chi connectivity index (χ2v) is 5.79. The number of ether oxygens (including phenoxy) is 2. The fourth-order valence-electron chi connectivity index (χ4n) is 2.84. The fourth-order valence-corrected chi connectivity index (χ4v) is 2.84. The summed E-state index contributed by atoms with van der Waals surface area (Å²) < 4.78 is 12.5. The fraction of sp³-hybridized carbons (Fsp3) is 0.389. The number of hydrogen-bond donors (Lipinski definition) is 1. The van der Waals surface area contributed by atoms with Crippen LogP contribution < -0.4 is 14.8 Å². The highest BCUT2D eigenvalue weighted by molar-refractivity contribution is 5.87. The van der Waals surface area contributed by atoms with Crippen molar-refractivity contribution < 1.29 is 9.47 Å². The molecule has 0 spiro atoms. The van der Waals surface area contributed by atoms with Gasteiger partial charge in [-0.2, -0.15) is 5.10 Å². The molecule has 0 radical (unpaired) electrons. The lowest BCUT2D eigenvalue weighted by Crippen LogP contribution is -2.07. The molecule has 132 valence electrons. The van der Waals surface area contributed by atoms with E-state index < -0.39 is 0 Å². The predicted octanol–water partition coefficient (Wildman–Crippen LogP) is 2.86. The van der Waals surface area contributed by atoms with Gasteiger partial charge < -0.3 is 14.8 Å². The van der Waals surface area contributed by atoms with Gasteiger partial charge in [-0.3, -0.25) is 4.68 Å². The van der Waals surface area contributed by atoms with E-state index in [1.165, 1.54) is 0 Å². The summed E-state index contributed by atoms with van der Waals surface area (Å²) in [4.78, 5) is 9.25. The van der Waals surface area contributed by atoms with E-state index in [9.17, 15) is 0 Å². The number of nitrogens with one attached hydrogen (secondary N) is 1. The Morgan fingerprint density at radius 3 is 2.56 bits per heavy atom. The Morgan fingerprint density at radius 1 is 1.12 bits per heavy atom. The summed E-state index contributed by atoms with van der Waals surface area (Å²) in [6.45, 7) is 4.62. The number of aryl methyl sites for hydroxylation is 3. The van der Waals surface area contributed by atoms with Crippen LogP contribution in [0.2, 0.25) is 0 Å². The molecule has 0 fully saturated rings. The Bertz CT molecular complexity index is 904. The van der Waals surface area contributed by atoms with Gasteiger partial charge in [-0.15, -0.1) is 0 Å². The molecule has 0 atom stereocenters. The van der Waals surface area contributed by atoms with Gasteiger partial charge in [0.2, 0.25) is 0 Å². The van der Waals surface area contributed by atoms with Gasteiger partial charge in [-0.1, -0.05) is 13.0 Å². The van der Waals surface area contributed by atoms with Gasteiger partial charge in [0.05, 0.1) is 19.9 Å². The topological polar surface area (TPSA) is 74.1 Å². The van der Waals surface area contributed by atoms with Crippen molar-refractivity contribution in [1.29, 1.82) is 0 Å². The molecule has 0 aliphatic carbocycles. The first-order valence-corrected chi connectivity index (χ1v) is 8.22. The number of rotatable bonds is 6. The van der Waals surface area contributed by atoms with Crippen LogP contribution in [0.4, 0.5) is 5.82 Å². The summed E-state index contributed by atoms with van der Waals surface area (Å²) in [6.07, 6.45) is 0.773. The van der Waals surface area contributed by atoms with E-state index in [1.54, 1.807) is 14.2 Å². The monoisotopic (exact) mass is 341 g/mol. The third-order valence-electron chi connectivity index (χ3n) is 4.12. The lowest BCUT2D eigenvalue weighted by molar-refractivity contribution is 0.354. The molecule has 2 aromatic heterocycles. The van der Waals surface area contributed by atoms with Gasteiger partial charge in [0.25, 0.3) is 0 Å². The van der Waals surface area contributed by atoms with Crippen molar-refractivity contribution in [3.05, 3.63) is 35.3 Å². The standard InChI is InChI=1S/C18H23N5O2/c1-6-15-20-16-11(2)22-23(3)17(16)18(21-15)19-10-12-7-8-13(24-4)14(9-12)25-5/h7-9H,6,10H2,1-5H3,(H,19,20,21). The van der Waals surface area contributed by atoms with Gasteiger partial charge in [-0.25, -0.2) is 9.97 Å². The lowest BCUT2D eigenvalue weighted by atomic mass is 10.2. The molecular formula is C18H23N5O2. The smallest absolute Gasteiger partial charge is 0.161 e. The van der Waals surface area contributed by atoms with Crippen LogP contribution >= 0.6 is 0 Å². The molecule has 2 heterocycles. The highest BCUT2D eigenvalue weighted by Gasteiger charge is 2.14. The quantitative estimate of drug-likeness (QED) is 0.743. The maximum atomic E-state index is 5.37. The highest BCUT2D eigenvalue weighted by Crippen LogP contribution is 2.28. The van der Waals surface area contributed by atoms with Crippen LogP contribution in [0.5, 0.6) is 11.5 Å². The predicted molar refractivity (Wildman–Crippen MR) is 97.3 cm³/mol. The number of nitrogens with zero attached hydrogens (tertiary/aromatic N) is 4. The van der Waals surface area contributed by atoms with Crippen molar-refractivity contribution >= 4 is 16.9 Å². The molecule has 1 N–H and O–H groups in total. The minimum Gasteiger partial charge on any atom is -0.493 e. The summed E-state index contributed by atoms with van der Waals surface area (Å²) in [6, 6.07) is 5.86. The Balaban J connectivity index is 1.93. The van der Waals surface area contributed by atoms with E-state index in [0.717, 1.165) is 40.4 Å². The number of anilines is 1. The molecule has 0 amide bonds. The zero-order valence-electron chi connectivity index (χ0n) is 15.3. The van der Waals surface area contributed by atoms with Crippen molar-refractivity contribution in [1.82, 2.24) is 19.7 Å². The van der Waals surface area contributed by atoms with Gasteiger partial charge in [0.1, 0.15) is 16.9 Å². The lowest BCUT2D eigenvalue weighted by Gasteiger charge is -2.12. The summed E-state index contributed by atoms with van der Waals surface area (Å²) >= 11 is 0. The molecule has 1 aromatic carbocycles.